The van der Waals surface area contributed by atoms with Crippen LogP contribution in [-0.4, -0.2) is 42.3 Å². The zero-order valence-electron chi connectivity index (χ0n) is 10.3. The molecule has 2 heterocycles. The van der Waals surface area contributed by atoms with Crippen molar-refractivity contribution in [2.45, 2.75) is 25.9 Å². The number of ether oxygens (including phenoxy) is 1. The molecule has 1 saturated heterocycles. The summed E-state index contributed by atoms with van der Waals surface area (Å²) in [5.74, 6) is 0.749. The van der Waals surface area contributed by atoms with Crippen LogP contribution in [0, 0.1) is 0 Å². The Morgan fingerprint density at radius 3 is 3.00 bits per heavy atom. The molecule has 94 valence electrons. The van der Waals surface area contributed by atoms with Gasteiger partial charge in [-0.15, -0.1) is 0 Å². The highest BCUT2D eigenvalue weighted by atomic mass is 35.5. The van der Waals surface area contributed by atoms with Crippen LogP contribution in [0.25, 0.3) is 0 Å². The normalized spacial score (nSPS) is 24.8. The van der Waals surface area contributed by atoms with Gasteiger partial charge in [-0.2, -0.15) is 4.98 Å². The van der Waals surface area contributed by atoms with Gasteiger partial charge in [0.05, 0.1) is 13.3 Å². The molecule has 0 aromatic carbocycles. The fourth-order valence-corrected chi connectivity index (χ4v) is 2.16. The number of halogens is 1. The second-order valence-electron chi connectivity index (χ2n) is 4.34. The summed E-state index contributed by atoms with van der Waals surface area (Å²) in [5.41, 5.74) is 0. The Kier molecular flexibility index (Phi) is 3.69. The number of hydrogen-bond donors (Lipinski definition) is 1. The van der Waals surface area contributed by atoms with Crippen molar-refractivity contribution in [2.75, 3.05) is 25.1 Å². The highest BCUT2D eigenvalue weighted by molar-refractivity contribution is 6.32. The maximum absolute atomic E-state index is 6.16. The van der Waals surface area contributed by atoms with E-state index >= 15 is 0 Å². The van der Waals surface area contributed by atoms with Crippen LogP contribution in [0.15, 0.2) is 6.20 Å². The maximum Gasteiger partial charge on any atom is 0.318 e. The number of methoxy groups -OCH3 is 1. The SMILES string of the molecule is COc1ncc(Cl)c(N2CC(C)NCC2C)n1. The van der Waals surface area contributed by atoms with Crippen molar-refractivity contribution < 1.29 is 4.74 Å². The Labute approximate surface area is 106 Å². The predicted octanol–water partition coefficient (Wildman–Crippen LogP) is 1.33. The molecule has 0 saturated carbocycles. The molecule has 1 aliphatic heterocycles. The lowest BCUT2D eigenvalue weighted by Crippen LogP contribution is -2.54. The molecule has 1 aromatic heterocycles. The van der Waals surface area contributed by atoms with E-state index in [-0.39, 0.29) is 0 Å². The van der Waals surface area contributed by atoms with Crippen LogP contribution in [0.2, 0.25) is 5.02 Å². The first-order valence-electron chi connectivity index (χ1n) is 5.68. The van der Waals surface area contributed by atoms with Crippen molar-refractivity contribution in [1.29, 1.82) is 0 Å². The Bertz CT molecular complexity index is 401. The first-order chi connectivity index (χ1) is 8.11. The van der Waals surface area contributed by atoms with E-state index in [1.165, 1.54) is 0 Å². The van der Waals surface area contributed by atoms with Crippen LogP contribution in [-0.2, 0) is 0 Å². The number of nitrogens with one attached hydrogen (secondary N) is 1. The Morgan fingerprint density at radius 1 is 1.53 bits per heavy atom. The summed E-state index contributed by atoms with van der Waals surface area (Å²) >= 11 is 6.16. The van der Waals surface area contributed by atoms with Gasteiger partial charge in [-0.25, -0.2) is 4.98 Å². The van der Waals surface area contributed by atoms with Gasteiger partial charge in [0, 0.05) is 25.2 Å². The van der Waals surface area contributed by atoms with Crippen LogP contribution in [0.1, 0.15) is 13.8 Å². The van der Waals surface area contributed by atoms with E-state index < -0.39 is 0 Å². The molecular weight excluding hydrogens is 240 g/mol. The highest BCUT2D eigenvalue weighted by Gasteiger charge is 2.25. The second kappa shape index (κ2) is 5.06. The molecule has 1 fully saturated rings. The lowest BCUT2D eigenvalue weighted by atomic mass is 10.1. The molecule has 2 unspecified atom stereocenters. The molecule has 6 heteroatoms. The number of anilines is 1. The van der Waals surface area contributed by atoms with E-state index in [1.807, 2.05) is 0 Å². The number of aromatic nitrogens is 2. The first-order valence-corrected chi connectivity index (χ1v) is 6.06. The molecule has 0 aliphatic carbocycles. The van der Waals surface area contributed by atoms with Gasteiger partial charge in [0.25, 0.3) is 0 Å². The average Bonchev–Trinajstić information content (AvgIpc) is 2.33. The van der Waals surface area contributed by atoms with Crippen LogP contribution in [0.3, 0.4) is 0 Å². The van der Waals surface area contributed by atoms with Gasteiger partial charge in [0.15, 0.2) is 5.82 Å². The number of nitrogens with zero attached hydrogens (tertiary/aromatic N) is 3. The fraction of sp³-hybridized carbons (Fsp3) is 0.636. The fourth-order valence-electron chi connectivity index (χ4n) is 1.96. The van der Waals surface area contributed by atoms with Crippen molar-refractivity contribution in [1.82, 2.24) is 15.3 Å². The third-order valence-electron chi connectivity index (χ3n) is 2.92. The standard InChI is InChI=1S/C11H17ClN4O/c1-7-6-16(8(2)4-13-7)10-9(12)5-14-11(15-10)17-3/h5,7-8,13H,4,6H2,1-3H3. The smallest absolute Gasteiger partial charge is 0.318 e. The van der Waals surface area contributed by atoms with Crippen molar-refractivity contribution in [3.8, 4) is 6.01 Å². The van der Waals surface area contributed by atoms with Crippen LogP contribution in [0.4, 0.5) is 5.82 Å². The van der Waals surface area contributed by atoms with Gasteiger partial charge in [0.2, 0.25) is 0 Å². The third-order valence-corrected chi connectivity index (χ3v) is 3.19. The largest absolute Gasteiger partial charge is 0.467 e. The van der Waals surface area contributed by atoms with Gasteiger partial charge in [-0.1, -0.05) is 11.6 Å². The molecule has 0 bridgehead atoms. The summed E-state index contributed by atoms with van der Waals surface area (Å²) in [4.78, 5) is 10.5. The Balaban J connectivity index is 2.30. The molecule has 1 N–H and O–H groups in total. The minimum absolute atomic E-state index is 0.350. The van der Waals surface area contributed by atoms with Crippen LogP contribution >= 0.6 is 11.6 Å². The zero-order valence-corrected chi connectivity index (χ0v) is 11.0. The predicted molar refractivity (Wildman–Crippen MR) is 67.9 cm³/mol. The minimum Gasteiger partial charge on any atom is -0.467 e. The van der Waals surface area contributed by atoms with Crippen LogP contribution < -0.4 is 15.0 Å². The van der Waals surface area contributed by atoms with Crippen molar-refractivity contribution in [3.05, 3.63) is 11.2 Å². The quantitative estimate of drug-likeness (QED) is 0.865. The molecule has 2 rings (SSSR count). The van der Waals surface area contributed by atoms with Crippen molar-refractivity contribution in [2.24, 2.45) is 0 Å². The van der Waals surface area contributed by atoms with E-state index in [0.717, 1.165) is 18.9 Å². The van der Waals surface area contributed by atoms with E-state index in [1.54, 1.807) is 13.3 Å². The van der Waals surface area contributed by atoms with E-state index in [9.17, 15) is 0 Å². The summed E-state index contributed by atoms with van der Waals surface area (Å²) in [7, 11) is 1.55. The summed E-state index contributed by atoms with van der Waals surface area (Å²) in [6.45, 7) is 6.08. The molecular formula is C11H17ClN4O. The lowest BCUT2D eigenvalue weighted by molar-refractivity contribution is 0.376. The molecule has 0 radical (unpaired) electrons. The summed E-state index contributed by atoms with van der Waals surface area (Å²) in [6, 6.07) is 1.12. The maximum atomic E-state index is 6.16. The Morgan fingerprint density at radius 2 is 2.29 bits per heavy atom. The van der Waals surface area contributed by atoms with Gasteiger partial charge < -0.3 is 15.0 Å². The second-order valence-corrected chi connectivity index (χ2v) is 4.75. The summed E-state index contributed by atoms with van der Waals surface area (Å²) < 4.78 is 5.04. The molecule has 5 nitrogen and oxygen atoms in total. The van der Waals surface area contributed by atoms with Gasteiger partial charge >= 0.3 is 6.01 Å². The molecule has 2 atom stereocenters. The summed E-state index contributed by atoms with van der Waals surface area (Å²) in [5, 5.41) is 3.98. The van der Waals surface area contributed by atoms with Gasteiger partial charge in [-0.05, 0) is 13.8 Å². The number of hydrogen-bond acceptors (Lipinski definition) is 5. The molecule has 17 heavy (non-hydrogen) atoms. The molecule has 1 aromatic rings. The lowest BCUT2D eigenvalue weighted by Gasteiger charge is -2.38. The highest BCUT2D eigenvalue weighted by Crippen LogP contribution is 2.27. The molecule has 0 spiro atoms. The number of piperazine rings is 1. The van der Waals surface area contributed by atoms with Gasteiger partial charge in [0.1, 0.15) is 5.02 Å². The number of rotatable bonds is 2. The first kappa shape index (κ1) is 12.4. The summed E-state index contributed by atoms with van der Waals surface area (Å²) in [6.07, 6.45) is 1.59. The van der Waals surface area contributed by atoms with Gasteiger partial charge in [-0.3, -0.25) is 0 Å². The van der Waals surface area contributed by atoms with E-state index in [2.05, 4.69) is 34.0 Å². The monoisotopic (exact) mass is 256 g/mol. The van der Waals surface area contributed by atoms with Crippen molar-refractivity contribution >= 4 is 17.4 Å². The zero-order chi connectivity index (χ0) is 12.4. The molecule has 1 aliphatic rings. The Hall–Kier alpha value is -1.07. The third kappa shape index (κ3) is 2.61. The topological polar surface area (TPSA) is 50.3 Å². The molecule has 0 amide bonds. The van der Waals surface area contributed by atoms with Crippen LogP contribution in [0.5, 0.6) is 6.01 Å². The average molecular weight is 257 g/mol. The van der Waals surface area contributed by atoms with E-state index in [0.29, 0.717) is 23.1 Å². The van der Waals surface area contributed by atoms with E-state index in [4.69, 9.17) is 16.3 Å². The van der Waals surface area contributed by atoms with Crippen molar-refractivity contribution in [3.63, 3.8) is 0 Å². The minimum atomic E-state index is 0.350.